The molecule has 0 atom stereocenters. The zero-order chi connectivity index (χ0) is 22.5. The van der Waals surface area contributed by atoms with E-state index in [4.69, 9.17) is 4.99 Å². The van der Waals surface area contributed by atoms with Crippen LogP contribution in [0.25, 0.3) is 16.9 Å². The van der Waals surface area contributed by atoms with E-state index in [1.807, 2.05) is 37.3 Å². The summed E-state index contributed by atoms with van der Waals surface area (Å²) in [5.74, 6) is 0.471. The first-order chi connectivity index (χ1) is 15.5. The number of hydrogen-bond donors (Lipinski definition) is 1. The van der Waals surface area contributed by atoms with E-state index in [-0.39, 0.29) is 11.4 Å². The number of thioether (sulfide) groups is 1. The molecule has 0 aliphatic rings. The van der Waals surface area contributed by atoms with Crippen molar-refractivity contribution < 1.29 is 4.39 Å². The van der Waals surface area contributed by atoms with Crippen molar-refractivity contribution in [2.75, 3.05) is 12.3 Å². The van der Waals surface area contributed by atoms with Gasteiger partial charge in [-0.1, -0.05) is 48.0 Å². The van der Waals surface area contributed by atoms with Crippen LogP contribution in [0.3, 0.4) is 0 Å². The van der Waals surface area contributed by atoms with Gasteiger partial charge in [-0.2, -0.15) is 0 Å². The molecule has 0 radical (unpaired) electrons. The van der Waals surface area contributed by atoms with Gasteiger partial charge >= 0.3 is 0 Å². The second-order valence-electron chi connectivity index (χ2n) is 7.47. The summed E-state index contributed by atoms with van der Waals surface area (Å²) in [4.78, 5) is 19.2. The van der Waals surface area contributed by atoms with Crippen molar-refractivity contribution in [3.63, 3.8) is 0 Å². The maximum Gasteiger partial charge on any atom is 0.280 e. The highest BCUT2D eigenvalue weighted by Crippen LogP contribution is 2.22. The van der Waals surface area contributed by atoms with E-state index < -0.39 is 0 Å². The van der Waals surface area contributed by atoms with Crippen LogP contribution in [0.15, 0.2) is 93.5 Å². The van der Waals surface area contributed by atoms with Crippen molar-refractivity contribution in [3.8, 4) is 16.9 Å². The number of nitrogens with zero attached hydrogens (tertiary/aromatic N) is 2. The molecule has 4 aromatic rings. The predicted octanol–water partition coefficient (Wildman–Crippen LogP) is 5.88. The molecule has 0 spiro atoms. The fourth-order valence-electron chi connectivity index (χ4n) is 3.45. The molecule has 4 nitrogen and oxygen atoms in total. The van der Waals surface area contributed by atoms with Gasteiger partial charge in [0, 0.05) is 28.5 Å². The molecule has 0 unspecified atom stereocenters. The Morgan fingerprint density at radius 1 is 1.00 bits per heavy atom. The van der Waals surface area contributed by atoms with Crippen LogP contribution in [0.1, 0.15) is 18.1 Å². The van der Waals surface area contributed by atoms with Crippen LogP contribution in [-0.4, -0.2) is 27.8 Å². The normalized spacial score (nSPS) is 11.7. The van der Waals surface area contributed by atoms with E-state index in [0.29, 0.717) is 29.2 Å². The third-order valence-corrected chi connectivity index (χ3v) is 6.12. The van der Waals surface area contributed by atoms with E-state index >= 15 is 0 Å². The monoisotopic (exact) mass is 445 g/mol. The summed E-state index contributed by atoms with van der Waals surface area (Å²) in [7, 11) is 0. The maximum atomic E-state index is 13.4. The fourth-order valence-corrected chi connectivity index (χ4v) is 4.20. The number of hydrogen-bond acceptors (Lipinski definition) is 3. The lowest BCUT2D eigenvalue weighted by Gasteiger charge is -2.04. The third-order valence-electron chi connectivity index (χ3n) is 5.13. The molecule has 6 heteroatoms. The van der Waals surface area contributed by atoms with Crippen molar-refractivity contribution in [1.29, 1.82) is 0 Å². The van der Waals surface area contributed by atoms with Crippen LogP contribution in [0.2, 0.25) is 0 Å². The van der Waals surface area contributed by atoms with Gasteiger partial charge in [0.15, 0.2) is 0 Å². The number of halogens is 1. The first-order valence-electron chi connectivity index (χ1n) is 10.4. The van der Waals surface area contributed by atoms with Crippen LogP contribution in [-0.2, 0) is 0 Å². The van der Waals surface area contributed by atoms with E-state index in [2.05, 4.69) is 36.3 Å². The van der Waals surface area contributed by atoms with Crippen molar-refractivity contribution in [1.82, 2.24) is 9.78 Å². The number of benzene rings is 3. The molecule has 0 amide bonds. The lowest BCUT2D eigenvalue weighted by molar-refractivity contribution is 0.627. The number of aliphatic imine (C=N–C) groups is 1. The Morgan fingerprint density at radius 2 is 1.69 bits per heavy atom. The highest BCUT2D eigenvalue weighted by Gasteiger charge is 2.19. The number of aromatic amines is 1. The Bertz CT molecular complexity index is 1270. The average Bonchev–Trinajstić information content (AvgIpc) is 3.16. The number of rotatable bonds is 7. The van der Waals surface area contributed by atoms with Gasteiger partial charge in [-0.15, -0.1) is 11.8 Å². The van der Waals surface area contributed by atoms with Crippen LogP contribution >= 0.6 is 11.8 Å². The highest BCUT2D eigenvalue weighted by molar-refractivity contribution is 7.99. The van der Waals surface area contributed by atoms with Crippen molar-refractivity contribution >= 4 is 17.5 Å². The van der Waals surface area contributed by atoms with E-state index in [0.717, 1.165) is 11.3 Å². The number of nitrogens with one attached hydrogen (secondary N) is 1. The minimum absolute atomic E-state index is 0.206. The molecular weight excluding hydrogens is 421 g/mol. The third kappa shape index (κ3) is 4.92. The minimum Gasteiger partial charge on any atom is -0.290 e. The topological polar surface area (TPSA) is 50.1 Å². The molecule has 0 aliphatic heterocycles. The molecule has 4 rings (SSSR count). The van der Waals surface area contributed by atoms with Gasteiger partial charge in [0.1, 0.15) is 5.82 Å². The highest BCUT2D eigenvalue weighted by atomic mass is 32.2. The van der Waals surface area contributed by atoms with Gasteiger partial charge in [-0.3, -0.25) is 14.9 Å². The Balaban J connectivity index is 1.63. The average molecular weight is 446 g/mol. The fraction of sp³-hybridized carbons (Fsp3) is 0.154. The van der Waals surface area contributed by atoms with Crippen LogP contribution < -0.4 is 5.56 Å². The summed E-state index contributed by atoms with van der Waals surface area (Å²) in [5, 5.41) is 3.20. The van der Waals surface area contributed by atoms with Gasteiger partial charge in [0.2, 0.25) is 0 Å². The van der Waals surface area contributed by atoms with Gasteiger partial charge in [0.25, 0.3) is 5.56 Å². The zero-order valence-corrected chi connectivity index (χ0v) is 18.8. The van der Waals surface area contributed by atoms with Crippen molar-refractivity contribution in [2.45, 2.75) is 18.7 Å². The van der Waals surface area contributed by atoms with E-state index in [9.17, 15) is 9.18 Å². The molecule has 0 saturated heterocycles. The summed E-state index contributed by atoms with van der Waals surface area (Å²) in [6.45, 7) is 4.53. The zero-order valence-electron chi connectivity index (χ0n) is 18.0. The molecule has 0 saturated carbocycles. The smallest absolute Gasteiger partial charge is 0.280 e. The predicted molar refractivity (Wildman–Crippen MR) is 131 cm³/mol. The lowest BCUT2D eigenvalue weighted by atomic mass is 10.1. The van der Waals surface area contributed by atoms with Crippen molar-refractivity contribution in [2.24, 2.45) is 4.99 Å². The van der Waals surface area contributed by atoms with E-state index in [1.54, 1.807) is 23.9 Å². The summed E-state index contributed by atoms with van der Waals surface area (Å²) >= 11 is 1.74. The molecule has 0 aliphatic carbocycles. The lowest BCUT2D eigenvalue weighted by Crippen LogP contribution is -2.20. The molecule has 1 N–H and O–H groups in total. The molecule has 0 fully saturated rings. The van der Waals surface area contributed by atoms with Crippen LogP contribution in [0.5, 0.6) is 0 Å². The second-order valence-corrected chi connectivity index (χ2v) is 8.64. The SMILES string of the molecule is CC(=NCCSc1ccc(C)cc1)c1c(-c2ccccc2)[nH]n(-c2ccc(F)cc2)c1=O. The molecule has 1 aromatic heterocycles. The number of H-pyrrole nitrogens is 1. The Labute approximate surface area is 190 Å². The minimum atomic E-state index is -0.347. The first kappa shape index (κ1) is 21.8. The summed E-state index contributed by atoms with van der Waals surface area (Å²) in [5.41, 5.74) is 4.40. The summed E-state index contributed by atoms with van der Waals surface area (Å²) in [6, 6.07) is 23.9. The molecule has 32 heavy (non-hydrogen) atoms. The van der Waals surface area contributed by atoms with Gasteiger partial charge in [-0.25, -0.2) is 9.07 Å². The van der Waals surface area contributed by atoms with E-state index in [1.165, 1.54) is 27.3 Å². The summed E-state index contributed by atoms with van der Waals surface area (Å²) in [6.07, 6.45) is 0. The molecule has 0 bridgehead atoms. The van der Waals surface area contributed by atoms with Crippen molar-refractivity contribution in [3.05, 3.63) is 106 Å². The molecular formula is C26H24FN3OS. The summed E-state index contributed by atoms with van der Waals surface area (Å²) < 4.78 is 14.8. The molecule has 1 heterocycles. The Hall–Kier alpha value is -3.38. The van der Waals surface area contributed by atoms with Gasteiger partial charge in [0.05, 0.1) is 16.9 Å². The molecule has 162 valence electrons. The Kier molecular flexibility index (Phi) is 6.71. The van der Waals surface area contributed by atoms with Gasteiger partial charge < -0.3 is 0 Å². The number of aromatic nitrogens is 2. The Morgan fingerprint density at radius 3 is 2.38 bits per heavy atom. The van der Waals surface area contributed by atoms with Gasteiger partial charge in [-0.05, 0) is 50.2 Å². The largest absolute Gasteiger partial charge is 0.290 e. The van der Waals surface area contributed by atoms with Crippen LogP contribution in [0.4, 0.5) is 4.39 Å². The quantitative estimate of drug-likeness (QED) is 0.219. The second kappa shape index (κ2) is 9.83. The maximum absolute atomic E-state index is 13.4. The number of aryl methyl sites for hydroxylation is 1. The molecule has 3 aromatic carbocycles. The standard InChI is InChI=1S/C26H24FN3OS/c1-18-8-14-23(15-9-18)32-17-16-28-19(2)24-25(20-6-4-3-5-7-20)29-30(26(24)31)22-12-10-21(27)11-13-22/h3-15,29H,16-17H2,1-2H3. The first-order valence-corrected chi connectivity index (χ1v) is 11.4. The van der Waals surface area contributed by atoms with Crippen LogP contribution in [0, 0.1) is 12.7 Å².